The highest BCUT2D eigenvalue weighted by Gasteiger charge is 2.44. The Labute approximate surface area is 158 Å². The molecular formula is C17H29NO9. The number of carbonyl (C=O) groups excluding carboxylic acids is 3. The van der Waals surface area contributed by atoms with Crippen molar-refractivity contribution in [2.75, 3.05) is 40.0 Å². The first kappa shape index (κ1) is 23.3. The predicted octanol–water partition coefficient (Wildman–Crippen LogP) is -0.219. The molecule has 0 unspecified atom stereocenters. The van der Waals surface area contributed by atoms with E-state index >= 15 is 0 Å². The minimum Gasteiger partial charge on any atom is -0.463 e. The van der Waals surface area contributed by atoms with Crippen LogP contribution in [0.5, 0.6) is 0 Å². The molecule has 0 aromatic rings. The molecule has 0 aromatic carbocycles. The topological polar surface area (TPSA) is 119 Å². The minimum atomic E-state index is -0.905. The third-order valence-electron chi connectivity index (χ3n) is 3.58. The summed E-state index contributed by atoms with van der Waals surface area (Å²) < 4.78 is 32.3. The molecule has 0 aliphatic carbocycles. The monoisotopic (exact) mass is 391 g/mol. The molecule has 1 fully saturated rings. The third-order valence-corrected chi connectivity index (χ3v) is 3.58. The molecule has 156 valence electrons. The van der Waals surface area contributed by atoms with E-state index in [9.17, 15) is 14.4 Å². The highest BCUT2D eigenvalue weighted by atomic mass is 16.7. The molecule has 10 heteroatoms. The summed E-state index contributed by atoms with van der Waals surface area (Å²) in [6, 6.07) is 0. The maximum Gasteiger partial charge on any atom is 0.303 e. The minimum absolute atomic E-state index is 0.163. The van der Waals surface area contributed by atoms with Crippen LogP contribution < -0.4 is 5.32 Å². The summed E-state index contributed by atoms with van der Waals surface area (Å²) >= 11 is 0. The van der Waals surface area contributed by atoms with Crippen LogP contribution in [-0.2, 0) is 42.8 Å². The van der Waals surface area contributed by atoms with Gasteiger partial charge in [-0.15, -0.1) is 0 Å². The molecule has 0 aromatic heterocycles. The number of esters is 3. The van der Waals surface area contributed by atoms with Gasteiger partial charge in [-0.2, -0.15) is 0 Å². The molecular weight excluding hydrogens is 362 g/mol. The molecule has 27 heavy (non-hydrogen) atoms. The van der Waals surface area contributed by atoms with Crippen molar-refractivity contribution in [3.8, 4) is 0 Å². The predicted molar refractivity (Wildman–Crippen MR) is 91.7 cm³/mol. The Balaban J connectivity index is 2.70. The molecule has 1 rings (SSSR count). The van der Waals surface area contributed by atoms with E-state index in [-0.39, 0.29) is 19.6 Å². The zero-order chi connectivity index (χ0) is 20.2. The summed E-state index contributed by atoms with van der Waals surface area (Å²) in [5.74, 6) is -1.60. The number of nitrogens with one attached hydrogen (secondary N) is 1. The number of hydrogen-bond donors (Lipinski definition) is 1. The molecule has 1 heterocycles. The lowest BCUT2D eigenvalue weighted by atomic mass is 10.0. The van der Waals surface area contributed by atoms with Crippen LogP contribution >= 0.6 is 0 Å². The Morgan fingerprint density at radius 2 is 1.70 bits per heavy atom. The van der Waals surface area contributed by atoms with E-state index in [1.165, 1.54) is 20.8 Å². The van der Waals surface area contributed by atoms with E-state index in [2.05, 4.69) is 5.32 Å². The van der Waals surface area contributed by atoms with Crippen molar-refractivity contribution in [3.63, 3.8) is 0 Å². The van der Waals surface area contributed by atoms with Crippen LogP contribution in [0, 0.1) is 0 Å². The molecule has 1 aliphatic rings. The SMILES string of the molecule is CNCCOCCO[C@H]1C[C@@H](OC(C)=O)[C@@H](OC(C)=O)[C@@H](COC(C)=O)O1. The number of carbonyl (C=O) groups is 3. The summed E-state index contributed by atoms with van der Waals surface area (Å²) in [7, 11) is 1.83. The quantitative estimate of drug-likeness (QED) is 0.288. The molecule has 10 nitrogen and oxygen atoms in total. The average molecular weight is 391 g/mol. The summed E-state index contributed by atoms with van der Waals surface area (Å²) in [4.78, 5) is 34.0. The largest absolute Gasteiger partial charge is 0.463 e. The van der Waals surface area contributed by atoms with Gasteiger partial charge in [0.05, 0.1) is 19.8 Å². The van der Waals surface area contributed by atoms with Crippen molar-refractivity contribution in [3.05, 3.63) is 0 Å². The number of ether oxygens (including phenoxy) is 6. The van der Waals surface area contributed by atoms with E-state index in [0.717, 1.165) is 6.54 Å². The lowest BCUT2D eigenvalue weighted by Crippen LogP contribution is -2.54. The van der Waals surface area contributed by atoms with E-state index in [1.54, 1.807) is 0 Å². The maximum atomic E-state index is 11.4. The van der Waals surface area contributed by atoms with E-state index in [0.29, 0.717) is 13.2 Å². The lowest BCUT2D eigenvalue weighted by Gasteiger charge is -2.39. The van der Waals surface area contributed by atoms with Gasteiger partial charge in [0.2, 0.25) is 0 Å². The molecule has 0 radical (unpaired) electrons. The van der Waals surface area contributed by atoms with Crippen LogP contribution in [-0.4, -0.2) is 82.5 Å². The third kappa shape index (κ3) is 9.66. The smallest absolute Gasteiger partial charge is 0.303 e. The van der Waals surface area contributed by atoms with Gasteiger partial charge in [0, 0.05) is 33.7 Å². The normalized spacial score (nSPS) is 24.9. The summed E-state index contributed by atoms with van der Waals surface area (Å²) in [6.07, 6.45) is -3.07. The summed E-state index contributed by atoms with van der Waals surface area (Å²) in [6.45, 7) is 5.48. The Morgan fingerprint density at radius 1 is 1.00 bits per heavy atom. The first-order valence-corrected chi connectivity index (χ1v) is 8.80. The second-order valence-corrected chi connectivity index (χ2v) is 5.95. The zero-order valence-electron chi connectivity index (χ0n) is 16.2. The van der Waals surface area contributed by atoms with Gasteiger partial charge in [0.25, 0.3) is 0 Å². The molecule has 4 atom stereocenters. The highest BCUT2D eigenvalue weighted by molar-refractivity contribution is 5.67. The average Bonchev–Trinajstić information content (AvgIpc) is 2.57. The summed E-state index contributed by atoms with van der Waals surface area (Å²) in [5, 5.41) is 2.96. The standard InChI is InChI=1S/C17H29NO9/c1-11(19)24-10-15-17(26-13(3)21)14(25-12(2)20)9-16(27-15)23-8-7-22-6-5-18-4/h14-18H,5-10H2,1-4H3/t14-,15-,16-,17-/m1/s1. The van der Waals surface area contributed by atoms with Crippen LogP contribution in [0.4, 0.5) is 0 Å². The Kier molecular flexibility index (Phi) is 10.9. The van der Waals surface area contributed by atoms with Crippen LogP contribution in [0.2, 0.25) is 0 Å². The van der Waals surface area contributed by atoms with E-state index < -0.39 is 42.5 Å². The van der Waals surface area contributed by atoms with Gasteiger partial charge in [-0.3, -0.25) is 14.4 Å². The van der Waals surface area contributed by atoms with Gasteiger partial charge in [0.1, 0.15) is 18.8 Å². The maximum absolute atomic E-state index is 11.4. The van der Waals surface area contributed by atoms with E-state index in [1.807, 2.05) is 7.05 Å². The van der Waals surface area contributed by atoms with Gasteiger partial charge >= 0.3 is 17.9 Å². The molecule has 0 spiro atoms. The first-order valence-electron chi connectivity index (χ1n) is 8.80. The van der Waals surface area contributed by atoms with Crippen molar-refractivity contribution in [1.82, 2.24) is 5.32 Å². The Morgan fingerprint density at radius 3 is 2.30 bits per heavy atom. The Bertz CT molecular complexity index is 485. The fraction of sp³-hybridized carbons (Fsp3) is 0.824. The van der Waals surface area contributed by atoms with E-state index in [4.69, 9.17) is 28.4 Å². The molecule has 1 aliphatic heterocycles. The number of rotatable bonds is 11. The van der Waals surface area contributed by atoms with Gasteiger partial charge < -0.3 is 33.7 Å². The molecule has 0 saturated carbocycles. The van der Waals surface area contributed by atoms with Crippen molar-refractivity contribution in [2.24, 2.45) is 0 Å². The van der Waals surface area contributed by atoms with Crippen molar-refractivity contribution in [2.45, 2.75) is 51.8 Å². The van der Waals surface area contributed by atoms with Crippen LogP contribution in [0.15, 0.2) is 0 Å². The molecule has 1 saturated heterocycles. The fourth-order valence-electron chi connectivity index (χ4n) is 2.52. The second-order valence-electron chi connectivity index (χ2n) is 5.95. The van der Waals surface area contributed by atoms with Gasteiger partial charge in [-0.05, 0) is 7.05 Å². The highest BCUT2D eigenvalue weighted by Crippen LogP contribution is 2.27. The fourth-order valence-corrected chi connectivity index (χ4v) is 2.52. The first-order chi connectivity index (χ1) is 12.8. The lowest BCUT2D eigenvalue weighted by molar-refractivity contribution is -0.267. The van der Waals surface area contributed by atoms with Crippen LogP contribution in [0.3, 0.4) is 0 Å². The van der Waals surface area contributed by atoms with Gasteiger partial charge in [-0.25, -0.2) is 0 Å². The molecule has 0 amide bonds. The molecule has 0 bridgehead atoms. The summed E-state index contributed by atoms with van der Waals surface area (Å²) in [5.41, 5.74) is 0. The van der Waals surface area contributed by atoms with Crippen molar-refractivity contribution < 1.29 is 42.8 Å². The van der Waals surface area contributed by atoms with Gasteiger partial charge in [0.15, 0.2) is 12.4 Å². The molecule has 1 N–H and O–H groups in total. The van der Waals surface area contributed by atoms with Crippen LogP contribution in [0.1, 0.15) is 27.2 Å². The number of likely N-dealkylation sites (N-methyl/N-ethyl adjacent to an activating group) is 1. The van der Waals surface area contributed by atoms with Crippen LogP contribution in [0.25, 0.3) is 0 Å². The van der Waals surface area contributed by atoms with Crippen molar-refractivity contribution in [1.29, 1.82) is 0 Å². The Hall–Kier alpha value is -1.75. The van der Waals surface area contributed by atoms with Crippen molar-refractivity contribution >= 4 is 17.9 Å². The second kappa shape index (κ2) is 12.6. The zero-order valence-corrected chi connectivity index (χ0v) is 16.2. The van der Waals surface area contributed by atoms with Gasteiger partial charge in [-0.1, -0.05) is 0 Å². The number of hydrogen-bond acceptors (Lipinski definition) is 10.